The highest BCUT2D eigenvalue weighted by Crippen LogP contribution is 2.46. The predicted octanol–water partition coefficient (Wildman–Crippen LogP) is 3.43. The zero-order chi connectivity index (χ0) is 15.0. The number of fused-ring (bicyclic) bond motifs is 1. The molecule has 4 rings (SSSR count). The van der Waals surface area contributed by atoms with Crippen LogP contribution in [0.15, 0.2) is 55.1 Å². The molecule has 1 aliphatic carbocycles. The minimum Gasteiger partial charge on any atom is -0.383 e. The average Bonchev–Trinajstić information content (AvgIpc) is 3.09. The molecule has 22 heavy (non-hydrogen) atoms. The SMILES string of the molecule is O[C@@]1(c2cccc3ccccc23)CCCC[C@H]1n1cncn1. The molecular formula is C18H19N3O. The highest BCUT2D eigenvalue weighted by molar-refractivity contribution is 5.86. The first-order valence-electron chi connectivity index (χ1n) is 7.84. The van der Waals surface area contributed by atoms with Gasteiger partial charge in [0.05, 0.1) is 6.04 Å². The van der Waals surface area contributed by atoms with Crippen LogP contribution in [0.4, 0.5) is 0 Å². The fourth-order valence-electron chi connectivity index (χ4n) is 3.78. The van der Waals surface area contributed by atoms with Crippen molar-refractivity contribution in [3.05, 3.63) is 60.7 Å². The molecule has 0 saturated heterocycles. The van der Waals surface area contributed by atoms with Crippen molar-refractivity contribution >= 4 is 10.8 Å². The monoisotopic (exact) mass is 293 g/mol. The van der Waals surface area contributed by atoms with E-state index in [-0.39, 0.29) is 6.04 Å². The van der Waals surface area contributed by atoms with Gasteiger partial charge in [0.2, 0.25) is 0 Å². The van der Waals surface area contributed by atoms with E-state index < -0.39 is 5.60 Å². The molecule has 1 aliphatic rings. The maximum Gasteiger partial charge on any atom is 0.137 e. The average molecular weight is 293 g/mol. The summed E-state index contributed by atoms with van der Waals surface area (Å²) in [6.45, 7) is 0. The second-order valence-electron chi connectivity index (χ2n) is 6.09. The van der Waals surface area contributed by atoms with Gasteiger partial charge in [-0.2, -0.15) is 5.10 Å². The Bertz CT molecular complexity index is 779. The molecule has 1 saturated carbocycles. The smallest absolute Gasteiger partial charge is 0.137 e. The maximum atomic E-state index is 11.6. The molecule has 1 fully saturated rings. The summed E-state index contributed by atoms with van der Waals surface area (Å²) in [4.78, 5) is 4.06. The Morgan fingerprint density at radius 3 is 2.82 bits per heavy atom. The molecule has 0 bridgehead atoms. The predicted molar refractivity (Wildman–Crippen MR) is 85.4 cm³/mol. The standard InChI is InChI=1S/C18H19N3O/c22-18(11-4-3-10-17(18)21-13-19-12-20-21)16-9-5-7-14-6-1-2-8-15(14)16/h1-2,5-9,12-13,17,22H,3-4,10-11H2/t17-,18-/m1/s1. The molecule has 4 nitrogen and oxygen atoms in total. The topological polar surface area (TPSA) is 50.9 Å². The van der Waals surface area contributed by atoms with Gasteiger partial charge in [-0.1, -0.05) is 55.3 Å². The van der Waals surface area contributed by atoms with Crippen LogP contribution in [0, 0.1) is 0 Å². The number of hydrogen-bond donors (Lipinski definition) is 1. The summed E-state index contributed by atoms with van der Waals surface area (Å²) in [6.07, 6.45) is 7.07. The largest absolute Gasteiger partial charge is 0.383 e. The molecule has 0 spiro atoms. The van der Waals surface area contributed by atoms with E-state index in [4.69, 9.17) is 0 Å². The first-order valence-corrected chi connectivity index (χ1v) is 7.84. The Hall–Kier alpha value is -2.20. The van der Waals surface area contributed by atoms with Crippen molar-refractivity contribution in [2.24, 2.45) is 0 Å². The van der Waals surface area contributed by atoms with Gasteiger partial charge in [-0.25, -0.2) is 9.67 Å². The van der Waals surface area contributed by atoms with Gasteiger partial charge in [-0.05, 0) is 29.2 Å². The molecule has 0 aliphatic heterocycles. The lowest BCUT2D eigenvalue weighted by Gasteiger charge is -2.40. The summed E-state index contributed by atoms with van der Waals surface area (Å²) in [7, 11) is 0. The molecule has 0 radical (unpaired) electrons. The fourth-order valence-corrected chi connectivity index (χ4v) is 3.78. The lowest BCUT2D eigenvalue weighted by molar-refractivity contribution is -0.0504. The van der Waals surface area contributed by atoms with Gasteiger partial charge in [-0.3, -0.25) is 0 Å². The highest BCUT2D eigenvalue weighted by Gasteiger charge is 2.42. The molecule has 0 unspecified atom stereocenters. The van der Waals surface area contributed by atoms with Crippen molar-refractivity contribution in [3.8, 4) is 0 Å². The third-order valence-electron chi connectivity index (χ3n) is 4.85. The molecule has 0 amide bonds. The minimum atomic E-state index is -0.896. The third kappa shape index (κ3) is 2.03. The van der Waals surface area contributed by atoms with Crippen molar-refractivity contribution in [3.63, 3.8) is 0 Å². The van der Waals surface area contributed by atoms with Crippen LogP contribution < -0.4 is 0 Å². The van der Waals surface area contributed by atoms with Crippen molar-refractivity contribution in [1.29, 1.82) is 0 Å². The number of rotatable bonds is 2. The zero-order valence-electron chi connectivity index (χ0n) is 12.4. The lowest BCUT2D eigenvalue weighted by Crippen LogP contribution is -2.40. The molecule has 2 aromatic carbocycles. The van der Waals surface area contributed by atoms with Gasteiger partial charge in [0.1, 0.15) is 18.3 Å². The van der Waals surface area contributed by atoms with Gasteiger partial charge >= 0.3 is 0 Å². The van der Waals surface area contributed by atoms with Crippen molar-refractivity contribution in [2.75, 3.05) is 0 Å². The number of aliphatic hydroxyl groups is 1. The Balaban J connectivity index is 1.90. The summed E-state index contributed by atoms with van der Waals surface area (Å²) < 4.78 is 1.82. The maximum absolute atomic E-state index is 11.6. The number of benzene rings is 2. The summed E-state index contributed by atoms with van der Waals surface area (Å²) in [5, 5.41) is 18.2. The Labute approximate surface area is 129 Å². The van der Waals surface area contributed by atoms with E-state index >= 15 is 0 Å². The van der Waals surface area contributed by atoms with Crippen LogP contribution in [0.1, 0.15) is 37.3 Å². The highest BCUT2D eigenvalue weighted by atomic mass is 16.3. The molecule has 1 aromatic heterocycles. The quantitative estimate of drug-likeness (QED) is 0.787. The zero-order valence-corrected chi connectivity index (χ0v) is 12.4. The van der Waals surface area contributed by atoms with Gasteiger partial charge in [0.15, 0.2) is 0 Å². The number of hydrogen-bond acceptors (Lipinski definition) is 3. The second-order valence-corrected chi connectivity index (χ2v) is 6.09. The van der Waals surface area contributed by atoms with Crippen molar-refractivity contribution < 1.29 is 5.11 Å². The van der Waals surface area contributed by atoms with Gasteiger partial charge in [0.25, 0.3) is 0 Å². The summed E-state index contributed by atoms with van der Waals surface area (Å²) in [6, 6.07) is 14.4. The Kier molecular flexibility index (Phi) is 3.19. The van der Waals surface area contributed by atoms with E-state index in [1.165, 1.54) is 6.33 Å². The molecular weight excluding hydrogens is 274 g/mol. The first kappa shape index (κ1) is 13.5. The molecule has 1 heterocycles. The summed E-state index contributed by atoms with van der Waals surface area (Å²) in [5.41, 5.74) is 0.109. The fraction of sp³-hybridized carbons (Fsp3) is 0.333. The summed E-state index contributed by atoms with van der Waals surface area (Å²) >= 11 is 0. The molecule has 3 aromatic rings. The van der Waals surface area contributed by atoms with Crippen molar-refractivity contribution in [2.45, 2.75) is 37.3 Å². The molecule has 112 valence electrons. The third-order valence-corrected chi connectivity index (χ3v) is 4.85. The van der Waals surface area contributed by atoms with Crippen molar-refractivity contribution in [1.82, 2.24) is 14.8 Å². The van der Waals surface area contributed by atoms with Gasteiger partial charge < -0.3 is 5.11 Å². The van der Waals surface area contributed by atoms with Crippen LogP contribution >= 0.6 is 0 Å². The second kappa shape index (κ2) is 5.21. The minimum absolute atomic E-state index is 0.0606. The first-order chi connectivity index (χ1) is 10.8. The molecule has 4 heteroatoms. The number of nitrogens with zero attached hydrogens (tertiary/aromatic N) is 3. The van der Waals surface area contributed by atoms with Gasteiger partial charge in [-0.15, -0.1) is 0 Å². The van der Waals surface area contributed by atoms with E-state index in [9.17, 15) is 5.11 Å². The molecule has 1 N–H and O–H groups in total. The normalized spacial score (nSPS) is 25.4. The lowest BCUT2D eigenvalue weighted by atomic mass is 9.74. The van der Waals surface area contributed by atoms with Crippen LogP contribution in [0.3, 0.4) is 0 Å². The van der Waals surface area contributed by atoms with E-state index in [0.29, 0.717) is 0 Å². The van der Waals surface area contributed by atoms with Crippen LogP contribution in [0.25, 0.3) is 10.8 Å². The number of aromatic nitrogens is 3. The van der Waals surface area contributed by atoms with E-state index in [1.54, 1.807) is 6.33 Å². The van der Waals surface area contributed by atoms with Crippen LogP contribution in [-0.4, -0.2) is 19.9 Å². The van der Waals surface area contributed by atoms with E-state index in [1.807, 2.05) is 22.9 Å². The van der Waals surface area contributed by atoms with E-state index in [2.05, 4.69) is 34.3 Å². The Morgan fingerprint density at radius 2 is 1.95 bits per heavy atom. The van der Waals surface area contributed by atoms with Crippen LogP contribution in [0.5, 0.6) is 0 Å². The summed E-state index contributed by atoms with van der Waals surface area (Å²) in [5.74, 6) is 0. The Morgan fingerprint density at radius 1 is 1.09 bits per heavy atom. The van der Waals surface area contributed by atoms with E-state index in [0.717, 1.165) is 42.0 Å². The van der Waals surface area contributed by atoms with Crippen LogP contribution in [0.2, 0.25) is 0 Å². The van der Waals surface area contributed by atoms with Gasteiger partial charge in [0, 0.05) is 0 Å². The van der Waals surface area contributed by atoms with Crippen LogP contribution in [-0.2, 0) is 5.60 Å². The molecule has 2 atom stereocenters.